The summed E-state index contributed by atoms with van der Waals surface area (Å²) in [6.07, 6.45) is 3.05. The van der Waals surface area contributed by atoms with Crippen molar-refractivity contribution < 1.29 is 42.2 Å². The molecule has 0 aromatic carbocycles. The van der Waals surface area contributed by atoms with Crippen LogP contribution in [0, 0.1) is 5.92 Å². The third-order valence-electron chi connectivity index (χ3n) is 8.34. The van der Waals surface area contributed by atoms with E-state index >= 15 is 0 Å². The van der Waals surface area contributed by atoms with E-state index in [0.717, 1.165) is 4.90 Å². The van der Waals surface area contributed by atoms with Gasteiger partial charge in [0.05, 0.1) is 17.0 Å². The summed E-state index contributed by atoms with van der Waals surface area (Å²) in [5.74, 6) is -2.80. The van der Waals surface area contributed by atoms with Crippen molar-refractivity contribution in [1.82, 2.24) is 20.3 Å². The normalized spacial score (nSPS) is 27.0. The van der Waals surface area contributed by atoms with Crippen LogP contribution in [0.25, 0.3) is 0 Å². The Hall–Kier alpha value is -2.97. The molecule has 4 amide bonds. The molecule has 2 aliphatic carbocycles. The highest BCUT2D eigenvalue weighted by molar-refractivity contribution is 7.91. The molecule has 4 N–H and O–H groups in total. The topological polar surface area (TPSA) is 180 Å². The van der Waals surface area contributed by atoms with Gasteiger partial charge in [-0.15, -0.1) is 13.2 Å². The zero-order valence-corrected chi connectivity index (χ0v) is 27.2. The van der Waals surface area contributed by atoms with Gasteiger partial charge < -0.3 is 30.1 Å². The van der Waals surface area contributed by atoms with E-state index in [4.69, 9.17) is 9.47 Å². The molecule has 0 unspecified atom stereocenters. The smallest absolute Gasteiger partial charge is 0.408 e. The monoisotopic (exact) mass is 640 g/mol. The van der Waals surface area contributed by atoms with Gasteiger partial charge in [0.1, 0.15) is 23.2 Å². The number of unbranched alkanes of at least 4 members (excludes halogenated alkanes) is 1. The standard InChI is InChI=1S/C30H48N4O9S/c1-8-11-12-15-42-22(10-3)23(31-27(39)43-28(4,5)6)25(37)34-18-20(35)16-21(34)24(36)32-30(17-19(30)9-2)26(38)33-44(40,41)29(7)13-14-29/h8-9,19-23,35H,1-2,10-18H2,3-7H3,(H,31,39)(H,32,36)(H,33,38)/t19-,20-,21+,22+,23+,30-/m1/s1. The fraction of sp³-hybridized carbons (Fsp3) is 0.733. The third-order valence-corrected chi connectivity index (χ3v) is 10.5. The third kappa shape index (κ3) is 8.19. The summed E-state index contributed by atoms with van der Waals surface area (Å²) in [6, 6.07) is -2.45. The first-order valence-electron chi connectivity index (χ1n) is 15.2. The fourth-order valence-electron chi connectivity index (χ4n) is 5.26. The number of likely N-dealkylation sites (tertiary alicyclic amines) is 1. The summed E-state index contributed by atoms with van der Waals surface area (Å²) in [5, 5.41) is 15.8. The predicted molar refractivity (Wildman–Crippen MR) is 163 cm³/mol. The van der Waals surface area contributed by atoms with Crippen molar-refractivity contribution in [3.63, 3.8) is 0 Å². The molecular formula is C30H48N4O9S. The number of ether oxygens (including phenoxy) is 2. The van der Waals surface area contributed by atoms with Gasteiger partial charge in [-0.25, -0.2) is 13.2 Å². The fourth-order valence-corrected chi connectivity index (χ4v) is 6.58. The Labute approximate surface area is 260 Å². The molecule has 1 saturated heterocycles. The second-order valence-electron chi connectivity index (χ2n) is 13.2. The van der Waals surface area contributed by atoms with Gasteiger partial charge in [-0.3, -0.25) is 19.1 Å². The van der Waals surface area contributed by atoms with Gasteiger partial charge in [0, 0.05) is 25.5 Å². The van der Waals surface area contributed by atoms with E-state index in [0.29, 0.717) is 38.7 Å². The number of hydrogen-bond donors (Lipinski definition) is 4. The van der Waals surface area contributed by atoms with Gasteiger partial charge in [0.15, 0.2) is 0 Å². The molecule has 3 rings (SSSR count). The molecule has 0 aromatic rings. The lowest BCUT2D eigenvalue weighted by Gasteiger charge is -2.33. The molecule has 0 aromatic heterocycles. The first kappa shape index (κ1) is 35.5. The molecule has 248 valence electrons. The van der Waals surface area contributed by atoms with Gasteiger partial charge in [-0.1, -0.05) is 19.1 Å². The largest absolute Gasteiger partial charge is 0.444 e. The predicted octanol–water partition coefficient (Wildman–Crippen LogP) is 1.66. The maximum atomic E-state index is 14.0. The zero-order valence-electron chi connectivity index (χ0n) is 26.4. The molecule has 44 heavy (non-hydrogen) atoms. The van der Waals surface area contributed by atoms with Crippen LogP contribution >= 0.6 is 0 Å². The van der Waals surface area contributed by atoms with Crippen LogP contribution in [0.5, 0.6) is 0 Å². The Morgan fingerprint density at radius 1 is 1.18 bits per heavy atom. The van der Waals surface area contributed by atoms with Gasteiger partial charge in [-0.2, -0.15) is 0 Å². The van der Waals surface area contributed by atoms with Crippen molar-refractivity contribution in [3.8, 4) is 0 Å². The number of rotatable bonds is 15. The number of alkyl carbamates (subject to hydrolysis) is 1. The van der Waals surface area contributed by atoms with Crippen LogP contribution in [-0.2, 0) is 33.9 Å². The average Bonchev–Trinajstić information content (AvgIpc) is 3.81. The summed E-state index contributed by atoms with van der Waals surface area (Å²) < 4.78 is 38.0. The number of carbonyl (C=O) groups is 4. The van der Waals surface area contributed by atoms with Crippen LogP contribution in [0.3, 0.4) is 0 Å². The average molecular weight is 641 g/mol. The van der Waals surface area contributed by atoms with Crippen LogP contribution in [0.4, 0.5) is 4.79 Å². The number of aliphatic hydroxyl groups excluding tert-OH is 1. The number of aliphatic hydroxyl groups is 1. The maximum absolute atomic E-state index is 14.0. The highest BCUT2D eigenvalue weighted by Gasteiger charge is 2.63. The van der Waals surface area contributed by atoms with Crippen LogP contribution in [0.2, 0.25) is 0 Å². The van der Waals surface area contributed by atoms with E-state index < -0.39 is 79.9 Å². The minimum Gasteiger partial charge on any atom is -0.444 e. The lowest BCUT2D eigenvalue weighted by atomic mass is 10.1. The van der Waals surface area contributed by atoms with E-state index in [1.807, 2.05) is 0 Å². The molecule has 3 aliphatic rings. The minimum atomic E-state index is -3.97. The molecule has 0 radical (unpaired) electrons. The Bertz CT molecular complexity index is 1240. The molecule has 2 saturated carbocycles. The number of nitrogens with one attached hydrogen (secondary N) is 3. The van der Waals surface area contributed by atoms with Gasteiger partial charge in [0.25, 0.3) is 5.91 Å². The maximum Gasteiger partial charge on any atom is 0.408 e. The zero-order chi connectivity index (χ0) is 33.1. The first-order valence-corrected chi connectivity index (χ1v) is 16.6. The molecule has 1 heterocycles. The number of nitrogens with zero attached hydrogens (tertiary/aromatic N) is 1. The summed E-state index contributed by atoms with van der Waals surface area (Å²) >= 11 is 0. The molecule has 3 fully saturated rings. The van der Waals surface area contributed by atoms with Gasteiger partial charge in [-0.05, 0) is 66.2 Å². The van der Waals surface area contributed by atoms with E-state index in [-0.39, 0.29) is 19.4 Å². The molecule has 14 heteroatoms. The number of β-amino-alcohol motifs (C(OH)–C–C–N with tert-alkyl or cyclic N) is 1. The SMILES string of the molecule is C=CCCCO[C@@H](CC)[C@H](NC(=O)OC(C)(C)C)C(=O)N1C[C@H](O)C[C@H]1C(=O)N[C@]1(C(=O)NS(=O)(=O)C2(C)CC2)C[C@H]1C=C. The van der Waals surface area contributed by atoms with Gasteiger partial charge in [0.2, 0.25) is 21.8 Å². The van der Waals surface area contributed by atoms with Crippen molar-refractivity contribution in [3.05, 3.63) is 25.3 Å². The van der Waals surface area contributed by atoms with Crippen LogP contribution < -0.4 is 15.4 Å². The van der Waals surface area contributed by atoms with Crippen LogP contribution in [-0.4, -0.2) is 95.6 Å². The molecule has 0 spiro atoms. The number of sulfonamides is 1. The Balaban J connectivity index is 1.83. The molecular weight excluding hydrogens is 592 g/mol. The van der Waals surface area contributed by atoms with Crippen molar-refractivity contribution in [1.29, 1.82) is 0 Å². The molecule has 6 atom stereocenters. The number of allylic oxidation sites excluding steroid dienone is 1. The van der Waals surface area contributed by atoms with E-state index in [2.05, 4.69) is 28.5 Å². The van der Waals surface area contributed by atoms with Crippen molar-refractivity contribution in [2.75, 3.05) is 13.2 Å². The summed E-state index contributed by atoms with van der Waals surface area (Å²) in [5.41, 5.74) is -2.41. The van der Waals surface area contributed by atoms with Gasteiger partial charge >= 0.3 is 6.09 Å². The van der Waals surface area contributed by atoms with E-state index in [1.165, 1.54) is 6.08 Å². The Kier molecular flexibility index (Phi) is 11.0. The van der Waals surface area contributed by atoms with Crippen molar-refractivity contribution in [2.45, 2.75) is 120 Å². The van der Waals surface area contributed by atoms with Crippen LogP contribution in [0.1, 0.15) is 79.6 Å². The number of hydrogen-bond acceptors (Lipinski definition) is 9. The second-order valence-corrected chi connectivity index (χ2v) is 15.4. The van der Waals surface area contributed by atoms with Crippen LogP contribution in [0.15, 0.2) is 25.3 Å². The number of amides is 4. The number of carbonyl (C=O) groups excluding carboxylic acids is 4. The molecule has 0 bridgehead atoms. The summed E-state index contributed by atoms with van der Waals surface area (Å²) in [7, 11) is -3.97. The summed E-state index contributed by atoms with van der Waals surface area (Å²) in [6.45, 7) is 15.9. The Morgan fingerprint density at radius 3 is 2.36 bits per heavy atom. The minimum absolute atomic E-state index is 0.124. The second kappa shape index (κ2) is 13.6. The Morgan fingerprint density at radius 2 is 1.84 bits per heavy atom. The lowest BCUT2D eigenvalue weighted by Crippen LogP contribution is -2.60. The molecule has 1 aliphatic heterocycles. The highest BCUT2D eigenvalue weighted by atomic mass is 32.2. The molecule has 13 nitrogen and oxygen atoms in total. The quantitative estimate of drug-likeness (QED) is 0.153. The summed E-state index contributed by atoms with van der Waals surface area (Å²) in [4.78, 5) is 54.9. The lowest BCUT2D eigenvalue weighted by molar-refractivity contribution is -0.144. The van der Waals surface area contributed by atoms with Crippen molar-refractivity contribution >= 4 is 33.8 Å². The van der Waals surface area contributed by atoms with E-state index in [9.17, 15) is 32.7 Å². The van der Waals surface area contributed by atoms with E-state index in [1.54, 1.807) is 40.7 Å². The van der Waals surface area contributed by atoms with Crippen molar-refractivity contribution in [2.24, 2.45) is 5.92 Å². The first-order chi connectivity index (χ1) is 20.4. The highest BCUT2D eigenvalue weighted by Crippen LogP contribution is 2.47.